The van der Waals surface area contributed by atoms with Gasteiger partial charge in [-0.2, -0.15) is 0 Å². The molecule has 2 aromatic rings. The van der Waals surface area contributed by atoms with Crippen LogP contribution in [0.3, 0.4) is 0 Å². The number of imide groups is 1. The lowest BCUT2D eigenvalue weighted by Crippen LogP contribution is -2.17. The summed E-state index contributed by atoms with van der Waals surface area (Å²) in [7, 11) is 0. The zero-order valence-corrected chi connectivity index (χ0v) is 11.8. The number of hydrogen-bond donors (Lipinski definition) is 2. The molecule has 0 saturated carbocycles. The molecule has 1 aromatic carbocycles. The number of nitrogens with one attached hydrogen (secondary N) is 1. The third-order valence-electron chi connectivity index (χ3n) is 2.97. The summed E-state index contributed by atoms with van der Waals surface area (Å²) in [6.07, 6.45) is 5.52. The first kappa shape index (κ1) is 14.2. The van der Waals surface area contributed by atoms with Crippen LogP contribution in [0.2, 0.25) is 0 Å². The minimum atomic E-state index is -1.05. The molecule has 0 radical (unpaired) electrons. The standard InChI is InChI=1S/C15H9NO5S/c17-13(18)4-2-9-7-21-11-3-1-8(5-10(9)11)6-12-14(19)16-15(20)22-12/h1-7H,(H,17,18)(H,16,19,20)/b4-2+,12-6+. The highest BCUT2D eigenvalue weighted by Crippen LogP contribution is 2.28. The van der Waals surface area contributed by atoms with E-state index in [4.69, 9.17) is 9.52 Å². The minimum absolute atomic E-state index is 0.315. The predicted molar refractivity (Wildman–Crippen MR) is 82.0 cm³/mol. The second-order valence-electron chi connectivity index (χ2n) is 4.47. The minimum Gasteiger partial charge on any atom is -0.478 e. The Morgan fingerprint density at radius 2 is 2.14 bits per heavy atom. The number of fused-ring (bicyclic) bond motifs is 1. The number of amides is 2. The topological polar surface area (TPSA) is 96.6 Å². The van der Waals surface area contributed by atoms with Gasteiger partial charge in [-0.05, 0) is 41.6 Å². The Labute approximate surface area is 128 Å². The lowest BCUT2D eigenvalue weighted by Gasteiger charge is -1.96. The van der Waals surface area contributed by atoms with Gasteiger partial charge in [0.25, 0.3) is 11.1 Å². The maximum absolute atomic E-state index is 11.5. The average molecular weight is 315 g/mol. The van der Waals surface area contributed by atoms with E-state index in [1.54, 1.807) is 24.3 Å². The predicted octanol–water partition coefficient (Wildman–Crippen LogP) is 2.85. The van der Waals surface area contributed by atoms with Crippen LogP contribution in [-0.4, -0.2) is 22.2 Å². The van der Waals surface area contributed by atoms with Gasteiger partial charge in [0, 0.05) is 17.0 Å². The van der Waals surface area contributed by atoms with Gasteiger partial charge in [-0.1, -0.05) is 6.07 Å². The van der Waals surface area contributed by atoms with Crippen LogP contribution in [0.15, 0.2) is 39.9 Å². The SMILES string of the molecule is O=C(O)/C=C/c1coc2ccc(/C=C3/SC(=O)NC3=O)cc12. The molecule has 0 spiro atoms. The van der Waals surface area contributed by atoms with Crippen molar-refractivity contribution in [2.24, 2.45) is 0 Å². The van der Waals surface area contributed by atoms with E-state index in [2.05, 4.69) is 5.32 Å². The van der Waals surface area contributed by atoms with Gasteiger partial charge in [-0.3, -0.25) is 14.9 Å². The Morgan fingerprint density at radius 3 is 2.82 bits per heavy atom. The normalized spacial score (nSPS) is 16.8. The number of carbonyl (C=O) groups excluding carboxylic acids is 2. The molecule has 0 unspecified atom stereocenters. The summed E-state index contributed by atoms with van der Waals surface area (Å²) in [6.45, 7) is 0. The number of aliphatic carboxylic acids is 1. The van der Waals surface area contributed by atoms with Crippen molar-refractivity contribution in [2.75, 3.05) is 0 Å². The van der Waals surface area contributed by atoms with Crippen LogP contribution in [0.5, 0.6) is 0 Å². The van der Waals surface area contributed by atoms with E-state index in [1.807, 2.05) is 0 Å². The van der Waals surface area contributed by atoms with Crippen molar-refractivity contribution in [1.82, 2.24) is 5.32 Å². The van der Waals surface area contributed by atoms with Crippen LogP contribution in [0, 0.1) is 0 Å². The monoisotopic (exact) mass is 315 g/mol. The molecule has 7 heteroatoms. The maximum Gasteiger partial charge on any atom is 0.328 e. The Bertz CT molecular complexity index is 862. The molecule has 2 heterocycles. The molecule has 1 aliphatic rings. The van der Waals surface area contributed by atoms with Crippen LogP contribution in [0.25, 0.3) is 23.1 Å². The van der Waals surface area contributed by atoms with Crippen molar-refractivity contribution in [1.29, 1.82) is 0 Å². The number of hydrogen-bond acceptors (Lipinski definition) is 5. The highest BCUT2D eigenvalue weighted by Gasteiger charge is 2.24. The van der Waals surface area contributed by atoms with Crippen molar-refractivity contribution in [3.63, 3.8) is 0 Å². The highest BCUT2D eigenvalue weighted by molar-refractivity contribution is 8.18. The van der Waals surface area contributed by atoms with Crippen LogP contribution in [-0.2, 0) is 9.59 Å². The molecule has 0 aliphatic carbocycles. The van der Waals surface area contributed by atoms with Crippen molar-refractivity contribution in [3.8, 4) is 0 Å². The molecule has 1 aliphatic heterocycles. The largest absolute Gasteiger partial charge is 0.478 e. The Balaban J connectivity index is 2.00. The zero-order chi connectivity index (χ0) is 15.7. The van der Waals surface area contributed by atoms with Gasteiger partial charge in [-0.15, -0.1) is 0 Å². The van der Waals surface area contributed by atoms with Gasteiger partial charge in [0.2, 0.25) is 0 Å². The fraction of sp³-hybridized carbons (Fsp3) is 0. The third-order valence-corrected chi connectivity index (χ3v) is 3.78. The van der Waals surface area contributed by atoms with E-state index in [1.165, 1.54) is 12.3 Å². The van der Waals surface area contributed by atoms with E-state index in [-0.39, 0.29) is 0 Å². The van der Waals surface area contributed by atoms with Crippen molar-refractivity contribution in [3.05, 3.63) is 46.6 Å². The summed E-state index contributed by atoms with van der Waals surface area (Å²) in [6, 6.07) is 5.24. The second-order valence-corrected chi connectivity index (χ2v) is 5.49. The number of benzene rings is 1. The molecule has 110 valence electrons. The summed E-state index contributed by atoms with van der Waals surface area (Å²) < 4.78 is 5.34. The molecule has 1 fully saturated rings. The van der Waals surface area contributed by atoms with Crippen molar-refractivity contribution in [2.45, 2.75) is 0 Å². The molecule has 1 aromatic heterocycles. The maximum atomic E-state index is 11.5. The molecule has 2 N–H and O–H groups in total. The quantitative estimate of drug-likeness (QED) is 0.845. The fourth-order valence-electron chi connectivity index (χ4n) is 2.02. The lowest BCUT2D eigenvalue weighted by atomic mass is 10.1. The van der Waals surface area contributed by atoms with Gasteiger partial charge < -0.3 is 9.52 Å². The van der Waals surface area contributed by atoms with E-state index < -0.39 is 17.1 Å². The smallest absolute Gasteiger partial charge is 0.328 e. The summed E-state index contributed by atoms with van der Waals surface area (Å²) in [5, 5.41) is 11.2. The summed E-state index contributed by atoms with van der Waals surface area (Å²) in [5.41, 5.74) is 1.94. The molecule has 6 nitrogen and oxygen atoms in total. The van der Waals surface area contributed by atoms with Crippen LogP contribution >= 0.6 is 11.8 Å². The summed E-state index contributed by atoms with van der Waals surface area (Å²) in [4.78, 5) is 33.6. The Hall–Kier alpha value is -2.80. The van der Waals surface area contributed by atoms with Crippen LogP contribution in [0.1, 0.15) is 11.1 Å². The first-order valence-electron chi connectivity index (χ1n) is 6.20. The van der Waals surface area contributed by atoms with Gasteiger partial charge in [0.15, 0.2) is 0 Å². The van der Waals surface area contributed by atoms with Crippen LogP contribution < -0.4 is 5.32 Å². The third kappa shape index (κ3) is 2.79. The number of thioether (sulfide) groups is 1. The van der Waals surface area contributed by atoms with Crippen molar-refractivity contribution < 1.29 is 23.9 Å². The highest BCUT2D eigenvalue weighted by atomic mass is 32.2. The van der Waals surface area contributed by atoms with E-state index in [0.717, 1.165) is 23.2 Å². The molecular weight excluding hydrogens is 306 g/mol. The second kappa shape index (κ2) is 5.53. The van der Waals surface area contributed by atoms with Crippen LogP contribution in [0.4, 0.5) is 4.79 Å². The molecule has 22 heavy (non-hydrogen) atoms. The first-order valence-corrected chi connectivity index (χ1v) is 7.02. The Kier molecular flexibility index (Phi) is 3.56. The van der Waals surface area contributed by atoms with Gasteiger partial charge in [0.1, 0.15) is 5.58 Å². The molecular formula is C15H9NO5S. The lowest BCUT2D eigenvalue weighted by molar-refractivity contribution is -0.131. The number of rotatable bonds is 3. The molecule has 0 bridgehead atoms. The fourth-order valence-corrected chi connectivity index (χ4v) is 2.70. The Morgan fingerprint density at radius 1 is 1.32 bits per heavy atom. The first-order chi connectivity index (χ1) is 10.5. The zero-order valence-electron chi connectivity index (χ0n) is 11.0. The van der Waals surface area contributed by atoms with Gasteiger partial charge >= 0.3 is 5.97 Å². The van der Waals surface area contributed by atoms with Crippen molar-refractivity contribution >= 4 is 52.0 Å². The van der Waals surface area contributed by atoms with Gasteiger partial charge in [-0.25, -0.2) is 4.79 Å². The van der Waals surface area contributed by atoms with E-state index >= 15 is 0 Å². The number of carboxylic acid groups (broad SMARTS) is 1. The number of carbonyl (C=O) groups is 3. The average Bonchev–Trinajstić information content (AvgIpc) is 3.00. The summed E-state index contributed by atoms with van der Waals surface area (Å²) >= 11 is 0.841. The molecule has 1 saturated heterocycles. The molecule has 3 rings (SSSR count). The van der Waals surface area contributed by atoms with E-state index in [9.17, 15) is 14.4 Å². The van der Waals surface area contributed by atoms with E-state index in [0.29, 0.717) is 21.6 Å². The molecule has 0 atom stereocenters. The summed E-state index contributed by atoms with van der Waals surface area (Å²) in [5.74, 6) is -1.47. The molecule has 2 amide bonds. The number of carboxylic acids is 1. The van der Waals surface area contributed by atoms with Gasteiger partial charge in [0.05, 0.1) is 11.2 Å². The number of furan rings is 1.